The Balaban J connectivity index is 0.000000150. The molecule has 28 nitrogen and oxygen atoms in total. The molecule has 0 saturated carbocycles. The Kier molecular flexibility index (Phi) is 31.6. The van der Waals surface area contributed by atoms with Crippen LogP contribution in [0.5, 0.6) is 23.0 Å². The SMILES string of the molecule is CN(C)CCOc1ccc(-c2nc(-c3ccncc3)c(-c3cccc(C(=O)O)c3Cl)[nH]2)cc1.CN(C)CCOc1ccc(-c2nc(-c3ccncc3)c(-c3cccc(C(=O)O)c3F)[nH]2)cc1.Cc1c(C(=O)O)cccc1-c1[nH]c(-c2ccc(OCCN(C)C)cc2)nc1-c1ccncc1.Cc1cc(C(=O)O)cc(-c2nc(-c3ccc(OCCN(C)C)cc3)[nH]c2-c2ccncc2)c1. The highest BCUT2D eigenvalue weighted by Crippen LogP contribution is 2.42. The molecule has 8 heterocycles. The molecule has 16 rings (SSSR count). The molecule has 16 aromatic rings. The molecular formula is C102H98ClFN16O12. The van der Waals surface area contributed by atoms with Crippen molar-refractivity contribution in [3.63, 3.8) is 0 Å². The van der Waals surface area contributed by atoms with Gasteiger partial charge in [0.15, 0.2) is 0 Å². The number of carbonyl (C=O) groups is 4. The minimum absolute atomic E-state index is 0.0326. The number of carboxylic acids is 4. The minimum atomic E-state index is -1.33. The van der Waals surface area contributed by atoms with E-state index in [1.165, 1.54) is 24.3 Å². The standard InChI is InChI=1S/2C26H26N4O3.C25H23ClN4O3.C25H23FN4O3/c1-17-14-20(16-21(15-17)26(31)32)24-23(18-8-10-27-11-9-18)28-25(29-24)19-4-6-22(7-5-19)33-13-12-30(2)3;1-17-21(5-4-6-22(17)26(31)32)24-23(18-11-13-27-14-12-18)28-25(29-24)19-7-9-20(10-8-19)33-16-15-30(2)3;2*1-30(2)14-15-33-18-8-6-17(7-9-18)24-28-22(16-10-12-27-13-11-16)23(29-24)19-4-3-5-20(21(19)26)25(31)32/h4-11,14-16H,12-13H2,1-3H3,(H,28,29)(H,31,32);4-14H,15-16H2,1-3H3,(H,28,29)(H,31,32);2*3-13H,14-15H2,1-2H3,(H,28,29)(H,31,32). The molecule has 30 heteroatoms. The van der Waals surface area contributed by atoms with Gasteiger partial charge in [-0.05, 0) is 269 Å². The molecule has 8 aromatic carbocycles. The molecule has 0 unspecified atom stereocenters. The number of benzene rings is 8. The lowest BCUT2D eigenvalue weighted by molar-refractivity contribution is 0.0682. The zero-order valence-electron chi connectivity index (χ0n) is 74.2. The van der Waals surface area contributed by atoms with Gasteiger partial charge in [0.25, 0.3) is 0 Å². The third-order valence-electron chi connectivity index (χ3n) is 20.8. The molecule has 0 aliphatic carbocycles. The van der Waals surface area contributed by atoms with Crippen molar-refractivity contribution >= 4 is 35.5 Å². The average Bonchev–Trinajstić information content (AvgIpc) is 1.65. The Labute approximate surface area is 767 Å². The second-order valence-corrected chi connectivity index (χ2v) is 31.9. The maximum Gasteiger partial charge on any atom is 0.338 e. The summed E-state index contributed by atoms with van der Waals surface area (Å²) >= 11 is 6.48. The van der Waals surface area contributed by atoms with E-state index in [1.807, 2.05) is 221 Å². The van der Waals surface area contributed by atoms with Crippen molar-refractivity contribution in [2.24, 2.45) is 0 Å². The van der Waals surface area contributed by atoms with Gasteiger partial charge in [-0.15, -0.1) is 0 Å². The summed E-state index contributed by atoms with van der Waals surface area (Å²) in [5.41, 5.74) is 15.9. The average molecular weight is 1790 g/mol. The molecule has 0 spiro atoms. The number of hydrogen-bond donors (Lipinski definition) is 8. The van der Waals surface area contributed by atoms with Crippen molar-refractivity contribution in [1.29, 1.82) is 0 Å². The summed E-state index contributed by atoms with van der Waals surface area (Å²) < 4.78 is 38.2. The normalized spacial score (nSPS) is 11.0. The largest absolute Gasteiger partial charge is 0.492 e. The van der Waals surface area contributed by atoms with Crippen molar-refractivity contribution in [2.75, 3.05) is 109 Å². The van der Waals surface area contributed by atoms with Crippen LogP contribution in [0.15, 0.2) is 268 Å². The summed E-state index contributed by atoms with van der Waals surface area (Å²) in [6, 6.07) is 65.2. The first-order valence-electron chi connectivity index (χ1n) is 42.0. The molecule has 0 saturated heterocycles. The van der Waals surface area contributed by atoms with Crippen LogP contribution in [0.25, 0.3) is 136 Å². The van der Waals surface area contributed by atoms with Gasteiger partial charge in [0.1, 0.15) is 78.5 Å². The third-order valence-corrected chi connectivity index (χ3v) is 21.2. The molecule has 8 aromatic heterocycles. The molecule has 672 valence electrons. The number of carboxylic acid groups (broad SMARTS) is 4. The van der Waals surface area contributed by atoms with E-state index >= 15 is 4.39 Å². The Morgan fingerprint density at radius 3 is 0.962 bits per heavy atom. The van der Waals surface area contributed by atoms with Gasteiger partial charge in [0.05, 0.1) is 72.8 Å². The summed E-state index contributed by atoms with van der Waals surface area (Å²) in [4.78, 5) is 104. The number of hydrogen-bond acceptors (Lipinski definition) is 20. The molecule has 0 amide bonds. The molecule has 0 aliphatic rings. The van der Waals surface area contributed by atoms with E-state index < -0.39 is 35.3 Å². The van der Waals surface area contributed by atoms with Crippen LogP contribution in [0.3, 0.4) is 0 Å². The van der Waals surface area contributed by atoms with Gasteiger partial charge in [-0.2, -0.15) is 0 Å². The molecule has 8 N–H and O–H groups in total. The fraction of sp³-hybridized carbons (Fsp3) is 0.176. The number of halogens is 2. The second-order valence-electron chi connectivity index (χ2n) is 31.5. The van der Waals surface area contributed by atoms with Crippen LogP contribution in [0.4, 0.5) is 4.39 Å². The topological polar surface area (TPSA) is 365 Å². The van der Waals surface area contributed by atoms with Gasteiger partial charge in [0.2, 0.25) is 0 Å². The molecule has 0 aliphatic heterocycles. The fourth-order valence-electron chi connectivity index (χ4n) is 13.9. The highest BCUT2D eigenvalue weighted by molar-refractivity contribution is 6.36. The van der Waals surface area contributed by atoms with Crippen molar-refractivity contribution in [1.82, 2.24) is 79.4 Å². The van der Waals surface area contributed by atoms with Crippen molar-refractivity contribution in [3.8, 4) is 159 Å². The van der Waals surface area contributed by atoms with Gasteiger partial charge < -0.3 is 78.9 Å². The van der Waals surface area contributed by atoms with Gasteiger partial charge >= 0.3 is 23.9 Å². The van der Waals surface area contributed by atoms with Gasteiger partial charge in [-0.1, -0.05) is 41.9 Å². The minimum Gasteiger partial charge on any atom is -0.492 e. The smallest absolute Gasteiger partial charge is 0.338 e. The van der Waals surface area contributed by atoms with E-state index in [2.05, 4.69) is 54.6 Å². The highest BCUT2D eigenvalue weighted by atomic mass is 35.5. The van der Waals surface area contributed by atoms with Crippen LogP contribution >= 0.6 is 11.6 Å². The first kappa shape index (κ1) is 94.0. The van der Waals surface area contributed by atoms with E-state index in [4.69, 9.17) is 50.5 Å². The molecular weight excluding hydrogens is 1700 g/mol. The zero-order valence-corrected chi connectivity index (χ0v) is 75.0. The summed E-state index contributed by atoms with van der Waals surface area (Å²) in [5.74, 6) is 0.494. The lowest BCUT2D eigenvalue weighted by Crippen LogP contribution is -2.19. The van der Waals surface area contributed by atoms with Crippen molar-refractivity contribution < 1.29 is 62.9 Å². The number of H-pyrrole nitrogens is 4. The van der Waals surface area contributed by atoms with Crippen LogP contribution in [0.1, 0.15) is 52.6 Å². The van der Waals surface area contributed by atoms with Crippen LogP contribution in [0, 0.1) is 19.7 Å². The predicted octanol–water partition coefficient (Wildman–Crippen LogP) is 19.2. The molecule has 0 fully saturated rings. The molecule has 0 atom stereocenters. The number of aromatic carboxylic acids is 4. The first-order valence-corrected chi connectivity index (χ1v) is 42.4. The number of rotatable bonds is 32. The number of aryl methyl sites for hydroxylation is 1. The molecule has 0 bridgehead atoms. The Bertz CT molecular complexity index is 6130. The third kappa shape index (κ3) is 24.2. The van der Waals surface area contributed by atoms with Crippen LogP contribution in [-0.4, -0.2) is 233 Å². The molecule has 0 radical (unpaired) electrons. The summed E-state index contributed by atoms with van der Waals surface area (Å²) in [6.45, 7) is 9.41. The summed E-state index contributed by atoms with van der Waals surface area (Å²) in [6.07, 6.45) is 13.5. The van der Waals surface area contributed by atoms with E-state index in [0.717, 1.165) is 127 Å². The predicted molar refractivity (Wildman–Crippen MR) is 509 cm³/mol. The Hall–Kier alpha value is -15.7. The second kappa shape index (κ2) is 44.4. The van der Waals surface area contributed by atoms with Crippen molar-refractivity contribution in [2.45, 2.75) is 13.8 Å². The number of pyridine rings is 4. The number of aromatic amines is 4. The monoisotopic (exact) mass is 1790 g/mol. The zero-order chi connectivity index (χ0) is 93.5. The number of likely N-dealkylation sites (N-methyl/N-ethyl adjacent to an activating group) is 4. The van der Waals surface area contributed by atoms with Crippen LogP contribution in [-0.2, 0) is 0 Å². The number of nitrogens with zero attached hydrogens (tertiary/aromatic N) is 12. The lowest BCUT2D eigenvalue weighted by atomic mass is 9.97. The Morgan fingerprint density at radius 2 is 0.621 bits per heavy atom. The number of imidazole rings is 4. The van der Waals surface area contributed by atoms with E-state index in [9.17, 15) is 39.6 Å². The van der Waals surface area contributed by atoms with Gasteiger partial charge in [0, 0.05) is 143 Å². The molecule has 132 heavy (non-hydrogen) atoms. The maximum absolute atomic E-state index is 15.1. The quantitative estimate of drug-likeness (QED) is 0.0194. The summed E-state index contributed by atoms with van der Waals surface area (Å²) in [7, 11) is 16.0. The Morgan fingerprint density at radius 1 is 0.326 bits per heavy atom. The number of nitrogens with one attached hydrogen (secondary N) is 4. The van der Waals surface area contributed by atoms with E-state index in [1.54, 1.807) is 98.1 Å². The number of aromatic nitrogens is 12. The fourth-order valence-corrected chi connectivity index (χ4v) is 14.2. The highest BCUT2D eigenvalue weighted by Gasteiger charge is 2.26. The van der Waals surface area contributed by atoms with E-state index in [-0.39, 0.29) is 27.3 Å². The van der Waals surface area contributed by atoms with Crippen molar-refractivity contribution in [3.05, 3.63) is 312 Å². The van der Waals surface area contributed by atoms with Crippen LogP contribution in [0.2, 0.25) is 5.02 Å². The van der Waals surface area contributed by atoms with Gasteiger partial charge in [-0.25, -0.2) is 43.5 Å². The van der Waals surface area contributed by atoms with E-state index in [0.29, 0.717) is 89.3 Å². The number of ether oxygens (including phenoxy) is 4. The summed E-state index contributed by atoms with van der Waals surface area (Å²) in [5, 5.41) is 38.1. The first-order chi connectivity index (χ1) is 63.7. The van der Waals surface area contributed by atoms with Gasteiger partial charge in [-0.3, -0.25) is 19.9 Å². The maximum atomic E-state index is 15.1. The van der Waals surface area contributed by atoms with Crippen LogP contribution < -0.4 is 18.9 Å². The lowest BCUT2D eigenvalue weighted by Gasteiger charge is -2.11.